The SMILES string of the molecule is CCCCNc1ccc(NC(=O)c2ccc(-c3ccc(C)cc3)c(OSOC)c2)cc1.CNC. The smallest absolute Gasteiger partial charge is 0.255 e. The van der Waals surface area contributed by atoms with Crippen LogP contribution in [0.15, 0.2) is 66.7 Å². The number of unbranched alkanes of at least 4 members (excludes halogenated alkanes) is 1. The van der Waals surface area contributed by atoms with Crippen LogP contribution in [0.5, 0.6) is 5.75 Å². The molecule has 0 aromatic heterocycles. The van der Waals surface area contributed by atoms with Gasteiger partial charge in [-0.2, -0.15) is 0 Å². The standard InChI is InChI=1S/C25H28N2O3S.C2H7N/c1-4-5-16-26-21-11-13-22(14-12-21)27-25(28)20-10-15-23(24(17-20)30-31-29-3)19-8-6-18(2)7-9-19;1-3-2/h6-15,17,26H,4-5,16H2,1-3H3,(H,27,28);3H,1-2H3. The minimum Gasteiger partial charge on any atom is -0.400 e. The van der Waals surface area contributed by atoms with Gasteiger partial charge in [0.1, 0.15) is 5.75 Å². The van der Waals surface area contributed by atoms with E-state index in [-0.39, 0.29) is 5.91 Å². The summed E-state index contributed by atoms with van der Waals surface area (Å²) in [4.78, 5) is 12.8. The zero-order valence-electron chi connectivity index (χ0n) is 20.6. The van der Waals surface area contributed by atoms with Crippen molar-refractivity contribution < 1.29 is 13.2 Å². The second-order valence-corrected chi connectivity index (χ2v) is 8.34. The lowest BCUT2D eigenvalue weighted by atomic mass is 10.0. The van der Waals surface area contributed by atoms with E-state index in [4.69, 9.17) is 8.37 Å². The predicted molar refractivity (Wildman–Crippen MR) is 145 cm³/mol. The van der Waals surface area contributed by atoms with Crippen molar-refractivity contribution in [2.45, 2.75) is 26.7 Å². The van der Waals surface area contributed by atoms with Gasteiger partial charge in [-0.05, 0) is 75.5 Å². The van der Waals surface area contributed by atoms with Gasteiger partial charge in [-0.1, -0.05) is 43.2 Å². The number of amides is 1. The Morgan fingerprint density at radius 1 is 0.941 bits per heavy atom. The molecule has 0 fully saturated rings. The molecule has 0 spiro atoms. The van der Waals surface area contributed by atoms with E-state index in [0.29, 0.717) is 11.3 Å². The van der Waals surface area contributed by atoms with Gasteiger partial charge in [-0.15, -0.1) is 0 Å². The van der Waals surface area contributed by atoms with Gasteiger partial charge in [0, 0.05) is 29.0 Å². The van der Waals surface area contributed by atoms with Crippen LogP contribution < -0.4 is 20.1 Å². The third kappa shape index (κ3) is 8.74. The molecule has 1 amide bonds. The highest BCUT2D eigenvalue weighted by atomic mass is 32.2. The van der Waals surface area contributed by atoms with Crippen molar-refractivity contribution in [1.82, 2.24) is 5.32 Å². The van der Waals surface area contributed by atoms with Gasteiger partial charge < -0.3 is 20.1 Å². The van der Waals surface area contributed by atoms with Crippen molar-refractivity contribution in [3.63, 3.8) is 0 Å². The zero-order valence-corrected chi connectivity index (χ0v) is 21.4. The van der Waals surface area contributed by atoms with Crippen LogP contribution in [0.4, 0.5) is 11.4 Å². The lowest BCUT2D eigenvalue weighted by Gasteiger charge is -2.12. The average Bonchev–Trinajstić information content (AvgIpc) is 2.85. The van der Waals surface area contributed by atoms with Crippen molar-refractivity contribution in [1.29, 1.82) is 0 Å². The average molecular weight is 482 g/mol. The van der Waals surface area contributed by atoms with Crippen molar-refractivity contribution in [3.8, 4) is 16.9 Å². The van der Waals surface area contributed by atoms with Gasteiger partial charge in [0.25, 0.3) is 5.91 Å². The fourth-order valence-corrected chi connectivity index (χ4v) is 3.34. The summed E-state index contributed by atoms with van der Waals surface area (Å²) in [5.41, 5.74) is 5.37. The van der Waals surface area contributed by atoms with Crippen molar-refractivity contribution >= 4 is 29.6 Å². The van der Waals surface area contributed by atoms with Crippen LogP contribution in [0, 0.1) is 6.92 Å². The molecule has 0 aliphatic rings. The Labute approximate surface area is 207 Å². The molecule has 0 bridgehead atoms. The summed E-state index contributed by atoms with van der Waals surface area (Å²) in [7, 11) is 5.29. The number of carbonyl (C=O) groups is 1. The number of rotatable bonds is 10. The first-order valence-corrected chi connectivity index (χ1v) is 12.0. The molecule has 0 aliphatic heterocycles. The first-order chi connectivity index (χ1) is 16.5. The second kappa shape index (κ2) is 15.0. The van der Waals surface area contributed by atoms with Gasteiger partial charge in [-0.3, -0.25) is 8.98 Å². The third-order valence-electron chi connectivity index (χ3n) is 4.80. The summed E-state index contributed by atoms with van der Waals surface area (Å²) in [6.07, 6.45) is 2.28. The molecule has 0 saturated carbocycles. The molecular formula is C27H35N3O3S. The van der Waals surface area contributed by atoms with Gasteiger partial charge in [0.05, 0.1) is 7.11 Å². The lowest BCUT2D eigenvalue weighted by Crippen LogP contribution is -2.12. The Hall–Kier alpha value is -3.00. The molecule has 0 atom stereocenters. The van der Waals surface area contributed by atoms with Crippen molar-refractivity contribution in [3.05, 3.63) is 77.9 Å². The van der Waals surface area contributed by atoms with E-state index < -0.39 is 0 Å². The largest absolute Gasteiger partial charge is 0.400 e. The highest BCUT2D eigenvalue weighted by Gasteiger charge is 2.13. The molecule has 0 radical (unpaired) electrons. The summed E-state index contributed by atoms with van der Waals surface area (Å²) >= 11 is 0.869. The number of anilines is 2. The monoisotopic (exact) mass is 481 g/mol. The summed E-state index contributed by atoms with van der Waals surface area (Å²) in [6.45, 7) is 5.15. The molecule has 182 valence electrons. The second-order valence-electron chi connectivity index (χ2n) is 7.71. The van der Waals surface area contributed by atoms with Crippen LogP contribution in [-0.2, 0) is 4.18 Å². The van der Waals surface area contributed by atoms with E-state index >= 15 is 0 Å². The third-order valence-corrected chi connectivity index (χ3v) is 5.18. The van der Waals surface area contributed by atoms with Crippen LogP contribution >= 0.6 is 12.3 Å². The van der Waals surface area contributed by atoms with E-state index in [9.17, 15) is 4.79 Å². The molecule has 0 aliphatic carbocycles. The summed E-state index contributed by atoms with van der Waals surface area (Å²) < 4.78 is 10.7. The molecule has 0 heterocycles. The summed E-state index contributed by atoms with van der Waals surface area (Å²) in [5, 5.41) is 9.06. The van der Waals surface area contributed by atoms with Gasteiger partial charge in [0.2, 0.25) is 12.3 Å². The van der Waals surface area contributed by atoms with E-state index in [1.54, 1.807) is 12.1 Å². The van der Waals surface area contributed by atoms with Crippen LogP contribution in [-0.4, -0.2) is 33.7 Å². The fourth-order valence-electron chi connectivity index (χ4n) is 3.06. The van der Waals surface area contributed by atoms with Gasteiger partial charge in [-0.25, -0.2) is 0 Å². The van der Waals surface area contributed by atoms with Crippen molar-refractivity contribution in [2.75, 3.05) is 38.4 Å². The first-order valence-electron chi connectivity index (χ1n) is 11.3. The first kappa shape index (κ1) is 27.2. The van der Waals surface area contributed by atoms with Gasteiger partial charge in [0.15, 0.2) is 0 Å². The van der Waals surface area contributed by atoms with Crippen LogP contribution in [0.3, 0.4) is 0 Å². The number of hydrogen-bond acceptors (Lipinski definition) is 6. The zero-order chi connectivity index (χ0) is 24.8. The fraction of sp³-hybridized carbons (Fsp3) is 0.296. The van der Waals surface area contributed by atoms with E-state index in [1.165, 1.54) is 12.7 Å². The van der Waals surface area contributed by atoms with E-state index in [2.05, 4.69) is 22.9 Å². The van der Waals surface area contributed by atoms with E-state index in [0.717, 1.165) is 54.2 Å². The number of aryl methyl sites for hydroxylation is 1. The molecule has 3 rings (SSSR count). The van der Waals surface area contributed by atoms with Crippen LogP contribution in [0.25, 0.3) is 11.1 Å². The molecule has 6 nitrogen and oxygen atoms in total. The normalized spacial score (nSPS) is 10.1. The Bertz CT molecular complexity index is 1010. The molecule has 34 heavy (non-hydrogen) atoms. The minimum absolute atomic E-state index is 0.200. The number of nitrogens with one attached hydrogen (secondary N) is 3. The molecule has 3 aromatic carbocycles. The predicted octanol–water partition coefficient (Wildman–Crippen LogP) is 6.55. The maximum atomic E-state index is 12.8. The topological polar surface area (TPSA) is 71.6 Å². The number of hydrogen-bond donors (Lipinski definition) is 3. The Kier molecular flexibility index (Phi) is 12.0. The summed E-state index contributed by atoms with van der Waals surface area (Å²) in [6, 6.07) is 21.3. The maximum Gasteiger partial charge on any atom is 0.255 e. The number of carbonyl (C=O) groups excluding carboxylic acids is 1. The maximum absolute atomic E-state index is 12.8. The quantitative estimate of drug-likeness (QED) is 0.225. The van der Waals surface area contributed by atoms with Gasteiger partial charge >= 0.3 is 0 Å². The van der Waals surface area contributed by atoms with Crippen LogP contribution in [0.2, 0.25) is 0 Å². The molecular weight excluding hydrogens is 446 g/mol. The molecule has 3 N–H and O–H groups in total. The lowest BCUT2D eigenvalue weighted by molar-refractivity contribution is 0.102. The minimum atomic E-state index is -0.200. The van der Waals surface area contributed by atoms with E-state index in [1.807, 2.05) is 75.6 Å². The van der Waals surface area contributed by atoms with Crippen LogP contribution in [0.1, 0.15) is 35.7 Å². The highest BCUT2D eigenvalue weighted by molar-refractivity contribution is 7.90. The molecule has 0 unspecified atom stereocenters. The Morgan fingerprint density at radius 3 is 2.21 bits per heavy atom. The molecule has 0 saturated heterocycles. The molecule has 7 heteroatoms. The Morgan fingerprint density at radius 2 is 1.59 bits per heavy atom. The molecule has 3 aromatic rings. The van der Waals surface area contributed by atoms with Crippen molar-refractivity contribution in [2.24, 2.45) is 0 Å². The Balaban J connectivity index is 0.00000129. The number of benzene rings is 3. The summed E-state index contributed by atoms with van der Waals surface area (Å²) in [5.74, 6) is 0.369. The highest BCUT2D eigenvalue weighted by Crippen LogP contribution is 2.33.